The smallest absolute Gasteiger partial charge is 0.144 e. The van der Waals surface area contributed by atoms with Crippen LogP contribution < -0.4 is 0 Å². The van der Waals surface area contributed by atoms with Crippen LogP contribution in [0, 0.1) is 0 Å². The molecular weight excluding hydrogens is 737 g/mol. The SMILES string of the molecule is CC1(C)c2cc(-c3c4ccccc4c(-c4ccccc4)c4ccccc34)ccc2-c2c1c1c(c3oc4ccccc4c23)-c2ccccc2C1(c1ccccc1)c1ccccc1. The van der Waals surface area contributed by atoms with Crippen LogP contribution in [0.4, 0.5) is 0 Å². The Morgan fingerprint density at radius 3 is 1.48 bits per heavy atom. The van der Waals surface area contributed by atoms with E-state index in [9.17, 15) is 0 Å². The molecule has 10 aromatic carbocycles. The van der Waals surface area contributed by atoms with E-state index >= 15 is 0 Å². The highest BCUT2D eigenvalue weighted by molar-refractivity contribution is 6.23. The predicted octanol–water partition coefficient (Wildman–Crippen LogP) is 15.9. The van der Waals surface area contributed by atoms with Gasteiger partial charge in [0.15, 0.2) is 0 Å². The second kappa shape index (κ2) is 12.5. The molecule has 0 aliphatic heterocycles. The number of hydrogen-bond acceptors (Lipinski definition) is 1. The first-order chi connectivity index (χ1) is 30.1. The maximum atomic E-state index is 7.16. The zero-order valence-corrected chi connectivity index (χ0v) is 34.0. The molecule has 0 fully saturated rings. The summed E-state index contributed by atoms with van der Waals surface area (Å²) in [5.41, 5.74) is 18.8. The molecule has 0 N–H and O–H groups in total. The van der Waals surface area contributed by atoms with E-state index in [0.717, 1.165) is 16.6 Å². The first kappa shape index (κ1) is 34.4. The zero-order chi connectivity index (χ0) is 40.5. The van der Waals surface area contributed by atoms with Crippen LogP contribution in [0.1, 0.15) is 47.2 Å². The van der Waals surface area contributed by atoms with Gasteiger partial charge in [-0.25, -0.2) is 0 Å². The van der Waals surface area contributed by atoms with E-state index < -0.39 is 5.41 Å². The Morgan fingerprint density at radius 2 is 0.852 bits per heavy atom. The van der Waals surface area contributed by atoms with Gasteiger partial charge in [0.05, 0.1) is 5.41 Å². The molecule has 0 saturated carbocycles. The van der Waals surface area contributed by atoms with Gasteiger partial charge in [-0.15, -0.1) is 0 Å². The minimum absolute atomic E-state index is 0.385. The van der Waals surface area contributed by atoms with Crippen molar-refractivity contribution >= 4 is 43.5 Å². The number of rotatable bonds is 4. The van der Waals surface area contributed by atoms with Gasteiger partial charge in [-0.05, 0) is 106 Å². The fraction of sp³-hybridized carbons (Fsp3) is 0.0667. The third-order valence-electron chi connectivity index (χ3n) is 14.1. The molecule has 0 spiro atoms. The molecule has 61 heavy (non-hydrogen) atoms. The molecular formula is C60H40O. The van der Waals surface area contributed by atoms with Crippen LogP contribution in [0.3, 0.4) is 0 Å². The maximum absolute atomic E-state index is 7.16. The van der Waals surface area contributed by atoms with Gasteiger partial charge in [0.2, 0.25) is 0 Å². The van der Waals surface area contributed by atoms with Gasteiger partial charge in [0.1, 0.15) is 11.2 Å². The molecule has 0 unspecified atom stereocenters. The molecule has 1 nitrogen and oxygen atoms in total. The van der Waals surface area contributed by atoms with Crippen LogP contribution >= 0.6 is 0 Å². The lowest BCUT2D eigenvalue weighted by Gasteiger charge is -2.37. The number of fused-ring (bicyclic) bond motifs is 14. The first-order valence-electron chi connectivity index (χ1n) is 21.4. The molecule has 11 aromatic rings. The van der Waals surface area contributed by atoms with Crippen molar-refractivity contribution in [3.63, 3.8) is 0 Å². The highest BCUT2D eigenvalue weighted by Crippen LogP contribution is 2.66. The van der Waals surface area contributed by atoms with E-state index in [1.807, 2.05) is 0 Å². The molecule has 2 aliphatic carbocycles. The van der Waals surface area contributed by atoms with E-state index in [4.69, 9.17) is 4.42 Å². The summed E-state index contributed by atoms with van der Waals surface area (Å²) < 4.78 is 7.16. The molecule has 286 valence electrons. The molecule has 13 rings (SSSR count). The predicted molar refractivity (Wildman–Crippen MR) is 254 cm³/mol. The third-order valence-corrected chi connectivity index (χ3v) is 14.1. The number of para-hydroxylation sites is 1. The van der Waals surface area contributed by atoms with Crippen LogP contribution in [0.25, 0.3) is 88.0 Å². The Kier molecular flexibility index (Phi) is 7.06. The second-order valence-electron chi connectivity index (χ2n) is 17.4. The highest BCUT2D eigenvalue weighted by Gasteiger charge is 2.53. The lowest BCUT2D eigenvalue weighted by Crippen LogP contribution is -2.32. The van der Waals surface area contributed by atoms with Crippen molar-refractivity contribution in [1.82, 2.24) is 0 Å². The summed E-state index contributed by atoms with van der Waals surface area (Å²) >= 11 is 0. The first-order valence-corrected chi connectivity index (χ1v) is 21.4. The standard InChI is InChI=1S/C60H40O/c1-59(2)49-36-38(52-43-28-14-12-26-41(43)51(37-20-6-3-7-21-37)42-27-13-15-29-44(42)52)34-35-46(49)53-54-47-31-17-19-33-50(47)61-58(54)55-45-30-16-18-32-48(45)60(57(55)56(53)59,39-22-8-4-9-23-39)40-24-10-5-11-25-40/h3-36H,1-2H3. The summed E-state index contributed by atoms with van der Waals surface area (Å²) in [6.07, 6.45) is 0. The van der Waals surface area contributed by atoms with Crippen molar-refractivity contribution < 1.29 is 4.42 Å². The number of furan rings is 1. The van der Waals surface area contributed by atoms with E-state index in [-0.39, 0.29) is 5.41 Å². The summed E-state index contributed by atoms with van der Waals surface area (Å²) in [6, 6.07) is 76.3. The van der Waals surface area contributed by atoms with E-state index in [1.54, 1.807) is 0 Å². The Bertz CT molecular complexity index is 3490. The second-order valence-corrected chi connectivity index (χ2v) is 17.4. The van der Waals surface area contributed by atoms with E-state index in [2.05, 4.69) is 220 Å². The third kappa shape index (κ3) is 4.45. The molecule has 0 bridgehead atoms. The van der Waals surface area contributed by atoms with Crippen molar-refractivity contribution in [3.8, 4) is 44.5 Å². The van der Waals surface area contributed by atoms with Gasteiger partial charge in [-0.3, -0.25) is 0 Å². The quantitative estimate of drug-likeness (QED) is 0.162. The summed E-state index contributed by atoms with van der Waals surface area (Å²) in [6.45, 7) is 4.93. The van der Waals surface area contributed by atoms with Crippen molar-refractivity contribution in [2.75, 3.05) is 0 Å². The molecule has 1 aromatic heterocycles. The van der Waals surface area contributed by atoms with Crippen molar-refractivity contribution in [2.45, 2.75) is 24.7 Å². The summed E-state index contributed by atoms with van der Waals surface area (Å²) in [4.78, 5) is 0. The highest BCUT2D eigenvalue weighted by atomic mass is 16.3. The Morgan fingerprint density at radius 1 is 0.361 bits per heavy atom. The summed E-state index contributed by atoms with van der Waals surface area (Å²) in [5, 5.41) is 7.43. The normalized spacial score (nSPS) is 14.3. The van der Waals surface area contributed by atoms with Crippen molar-refractivity contribution in [2.24, 2.45) is 0 Å². The minimum atomic E-state index is -0.590. The Hall–Kier alpha value is -7.48. The van der Waals surface area contributed by atoms with Gasteiger partial charge in [0.25, 0.3) is 0 Å². The van der Waals surface area contributed by atoms with Gasteiger partial charge < -0.3 is 4.42 Å². The maximum Gasteiger partial charge on any atom is 0.144 e. The van der Waals surface area contributed by atoms with E-state index in [0.29, 0.717) is 0 Å². The van der Waals surface area contributed by atoms with Crippen LogP contribution in [0.5, 0.6) is 0 Å². The molecule has 0 atom stereocenters. The Balaban J connectivity index is 1.17. The Labute approximate surface area is 355 Å². The van der Waals surface area contributed by atoms with Crippen molar-refractivity contribution in [3.05, 3.63) is 240 Å². The monoisotopic (exact) mass is 776 g/mol. The number of hydrogen-bond donors (Lipinski definition) is 0. The molecule has 1 heterocycles. The average molecular weight is 777 g/mol. The fourth-order valence-corrected chi connectivity index (χ4v) is 11.7. The van der Waals surface area contributed by atoms with Crippen LogP contribution in [0.15, 0.2) is 211 Å². The van der Waals surface area contributed by atoms with Crippen LogP contribution in [-0.2, 0) is 10.8 Å². The summed E-state index contributed by atoms with van der Waals surface area (Å²) in [5.74, 6) is 0. The van der Waals surface area contributed by atoms with Gasteiger partial charge >= 0.3 is 0 Å². The largest absolute Gasteiger partial charge is 0.455 e. The molecule has 1 heteroatoms. The van der Waals surface area contributed by atoms with Gasteiger partial charge in [-0.2, -0.15) is 0 Å². The lowest BCUT2D eigenvalue weighted by molar-refractivity contribution is 0.632. The average Bonchev–Trinajstić information content (AvgIpc) is 3.93. The molecule has 2 aliphatic rings. The molecule has 0 amide bonds. The summed E-state index contributed by atoms with van der Waals surface area (Å²) in [7, 11) is 0. The van der Waals surface area contributed by atoms with Crippen LogP contribution in [0.2, 0.25) is 0 Å². The number of benzene rings is 10. The van der Waals surface area contributed by atoms with E-state index in [1.165, 1.54) is 105 Å². The fourth-order valence-electron chi connectivity index (χ4n) is 11.7. The van der Waals surface area contributed by atoms with Gasteiger partial charge in [0, 0.05) is 21.8 Å². The molecule has 0 radical (unpaired) electrons. The van der Waals surface area contributed by atoms with Crippen LogP contribution in [-0.4, -0.2) is 0 Å². The lowest BCUT2D eigenvalue weighted by atomic mass is 9.63. The molecule has 0 saturated heterocycles. The zero-order valence-electron chi connectivity index (χ0n) is 34.0. The van der Waals surface area contributed by atoms with Crippen molar-refractivity contribution in [1.29, 1.82) is 0 Å². The topological polar surface area (TPSA) is 13.1 Å². The van der Waals surface area contributed by atoms with Gasteiger partial charge in [-0.1, -0.05) is 208 Å². The minimum Gasteiger partial charge on any atom is -0.455 e.